The molecule has 0 aromatic carbocycles. The van der Waals surface area contributed by atoms with Gasteiger partial charge in [-0.3, -0.25) is 0 Å². The summed E-state index contributed by atoms with van der Waals surface area (Å²) in [5, 5.41) is 4.00. The molecule has 0 aliphatic carbocycles. The van der Waals surface area contributed by atoms with E-state index in [1.165, 1.54) is 174 Å². The molecule has 0 radical (unpaired) electrons. The van der Waals surface area contributed by atoms with Gasteiger partial charge >= 0.3 is 0 Å². The van der Waals surface area contributed by atoms with Crippen molar-refractivity contribution in [2.24, 2.45) is 0 Å². The highest BCUT2D eigenvalue weighted by Gasteiger charge is 2.32. The van der Waals surface area contributed by atoms with Crippen molar-refractivity contribution in [3.8, 4) is 0 Å². The molecule has 0 saturated carbocycles. The van der Waals surface area contributed by atoms with Gasteiger partial charge in [0.2, 0.25) is 0 Å². The molecule has 0 aromatic heterocycles. The first-order valence-electron chi connectivity index (χ1n) is 19.3. The van der Waals surface area contributed by atoms with Gasteiger partial charge in [0, 0.05) is 25.2 Å². The normalized spacial score (nSPS) is 16.2. The van der Waals surface area contributed by atoms with Crippen LogP contribution in [0.15, 0.2) is 48.6 Å². The van der Waals surface area contributed by atoms with Crippen molar-refractivity contribution in [2.75, 3.05) is 26.7 Å². The second-order valence-electron chi connectivity index (χ2n) is 13.6. The molecule has 2 heteroatoms. The molecule has 0 bridgehead atoms. The SMILES string of the molecule is CCCCC/C=C\C/C=C\CCCCCCCCC1(CCCCCCCC/C=C\C/C=C\CCCCC)CN(C)CCN1. The standard InChI is InChI=1S/C41H76N2/c1-4-6-8-10-12-14-16-18-20-22-24-26-28-30-32-34-36-41(40-43(3)39-38-42-41)37-35-33-31-29-27-25-23-21-19-17-15-13-11-9-7-5-2/h12-15,18-21,42H,4-11,16-17,22-40H2,1-3H3/b14-12-,15-13-,20-18-,21-19-. The number of likely N-dealkylation sites (N-methyl/N-ethyl adjacent to an activating group) is 1. The lowest BCUT2D eigenvalue weighted by molar-refractivity contribution is 0.132. The lowest BCUT2D eigenvalue weighted by atomic mass is 9.84. The Morgan fingerprint density at radius 1 is 0.488 bits per heavy atom. The predicted octanol–water partition coefficient (Wildman–Crippen LogP) is 12.7. The van der Waals surface area contributed by atoms with Crippen molar-refractivity contribution in [3.63, 3.8) is 0 Å². The quantitative estimate of drug-likeness (QED) is 0.0655. The van der Waals surface area contributed by atoms with Crippen LogP contribution in [-0.4, -0.2) is 37.1 Å². The number of nitrogens with zero attached hydrogens (tertiary/aromatic N) is 1. The summed E-state index contributed by atoms with van der Waals surface area (Å²) < 4.78 is 0. The van der Waals surface area contributed by atoms with Crippen molar-refractivity contribution >= 4 is 0 Å². The highest BCUT2D eigenvalue weighted by atomic mass is 15.2. The zero-order valence-corrected chi connectivity index (χ0v) is 29.6. The third kappa shape index (κ3) is 25.9. The molecule has 0 aromatic rings. The molecule has 250 valence electrons. The molecule has 0 amide bonds. The van der Waals surface area contributed by atoms with E-state index in [4.69, 9.17) is 0 Å². The van der Waals surface area contributed by atoms with Crippen LogP contribution in [0.1, 0.15) is 181 Å². The van der Waals surface area contributed by atoms with Crippen LogP contribution in [0.2, 0.25) is 0 Å². The van der Waals surface area contributed by atoms with Crippen molar-refractivity contribution < 1.29 is 0 Å². The molecular formula is C41H76N2. The summed E-state index contributed by atoms with van der Waals surface area (Å²) in [6, 6.07) is 0. The Hall–Kier alpha value is -1.12. The monoisotopic (exact) mass is 597 g/mol. The largest absolute Gasteiger partial charge is 0.309 e. The maximum absolute atomic E-state index is 4.00. The maximum Gasteiger partial charge on any atom is 0.0309 e. The second kappa shape index (κ2) is 30.9. The molecule has 1 N–H and O–H groups in total. The molecular weight excluding hydrogens is 520 g/mol. The molecule has 1 aliphatic rings. The Morgan fingerprint density at radius 2 is 0.860 bits per heavy atom. The fourth-order valence-corrected chi connectivity index (χ4v) is 6.53. The van der Waals surface area contributed by atoms with Gasteiger partial charge in [-0.25, -0.2) is 0 Å². The van der Waals surface area contributed by atoms with Crippen molar-refractivity contribution in [1.82, 2.24) is 10.2 Å². The Labute approximate surface area is 271 Å². The summed E-state index contributed by atoms with van der Waals surface area (Å²) in [6.07, 6.45) is 53.8. The highest BCUT2D eigenvalue weighted by Crippen LogP contribution is 2.26. The van der Waals surface area contributed by atoms with Crippen molar-refractivity contribution in [3.05, 3.63) is 48.6 Å². The zero-order valence-electron chi connectivity index (χ0n) is 29.6. The van der Waals surface area contributed by atoms with E-state index in [0.717, 1.165) is 12.8 Å². The van der Waals surface area contributed by atoms with E-state index in [0.29, 0.717) is 5.54 Å². The smallest absolute Gasteiger partial charge is 0.0309 e. The van der Waals surface area contributed by atoms with Gasteiger partial charge in [-0.2, -0.15) is 0 Å². The first-order chi connectivity index (χ1) is 21.2. The van der Waals surface area contributed by atoms with Gasteiger partial charge in [0.25, 0.3) is 0 Å². The minimum Gasteiger partial charge on any atom is -0.309 e. The van der Waals surface area contributed by atoms with E-state index in [9.17, 15) is 0 Å². The summed E-state index contributed by atoms with van der Waals surface area (Å²) in [4.78, 5) is 2.57. The highest BCUT2D eigenvalue weighted by molar-refractivity contribution is 4.95. The molecule has 1 fully saturated rings. The fourth-order valence-electron chi connectivity index (χ4n) is 6.53. The van der Waals surface area contributed by atoms with Gasteiger partial charge in [-0.1, -0.05) is 152 Å². The number of hydrogen-bond donors (Lipinski definition) is 1. The maximum atomic E-state index is 4.00. The number of rotatable bonds is 30. The van der Waals surface area contributed by atoms with Gasteiger partial charge in [0.15, 0.2) is 0 Å². The third-order valence-electron chi connectivity index (χ3n) is 9.28. The molecule has 1 aliphatic heterocycles. The minimum absolute atomic E-state index is 0.373. The molecule has 1 saturated heterocycles. The molecule has 43 heavy (non-hydrogen) atoms. The molecule has 1 rings (SSSR count). The summed E-state index contributed by atoms with van der Waals surface area (Å²) in [6.45, 7) is 8.16. The molecule has 1 heterocycles. The van der Waals surface area contributed by atoms with E-state index >= 15 is 0 Å². The zero-order chi connectivity index (χ0) is 30.9. The topological polar surface area (TPSA) is 15.3 Å². The van der Waals surface area contributed by atoms with Crippen LogP contribution in [0, 0.1) is 0 Å². The van der Waals surface area contributed by atoms with Crippen molar-refractivity contribution in [1.29, 1.82) is 0 Å². The van der Waals surface area contributed by atoms with Crippen molar-refractivity contribution in [2.45, 2.75) is 186 Å². The van der Waals surface area contributed by atoms with Crippen LogP contribution in [0.3, 0.4) is 0 Å². The lowest BCUT2D eigenvalue weighted by Crippen LogP contribution is -2.59. The van der Waals surface area contributed by atoms with E-state index in [1.54, 1.807) is 0 Å². The summed E-state index contributed by atoms with van der Waals surface area (Å²) in [5.74, 6) is 0. The number of nitrogens with one attached hydrogen (secondary N) is 1. The number of hydrogen-bond acceptors (Lipinski definition) is 2. The Balaban J connectivity index is 2.05. The number of unbranched alkanes of at least 4 members (excludes halogenated alkanes) is 18. The van der Waals surface area contributed by atoms with Gasteiger partial charge in [0.05, 0.1) is 0 Å². The molecule has 0 atom stereocenters. The average Bonchev–Trinajstić information content (AvgIpc) is 3.00. The van der Waals surface area contributed by atoms with E-state index < -0.39 is 0 Å². The van der Waals surface area contributed by atoms with Crippen LogP contribution in [0.4, 0.5) is 0 Å². The fraction of sp³-hybridized carbons (Fsp3) is 0.805. The lowest BCUT2D eigenvalue weighted by Gasteiger charge is -2.43. The van der Waals surface area contributed by atoms with Gasteiger partial charge in [-0.05, 0) is 84.1 Å². The summed E-state index contributed by atoms with van der Waals surface area (Å²) >= 11 is 0. The van der Waals surface area contributed by atoms with E-state index in [1.807, 2.05) is 0 Å². The Bertz CT molecular complexity index is 640. The summed E-state index contributed by atoms with van der Waals surface area (Å²) in [7, 11) is 2.33. The Kier molecular flexibility index (Phi) is 28.7. The second-order valence-corrected chi connectivity index (χ2v) is 13.6. The predicted molar refractivity (Wildman–Crippen MR) is 196 cm³/mol. The van der Waals surface area contributed by atoms with E-state index in [2.05, 4.69) is 79.7 Å². The third-order valence-corrected chi connectivity index (χ3v) is 9.28. The van der Waals surface area contributed by atoms with Crippen LogP contribution in [0.5, 0.6) is 0 Å². The van der Waals surface area contributed by atoms with Crippen LogP contribution < -0.4 is 5.32 Å². The van der Waals surface area contributed by atoms with Gasteiger partial charge in [-0.15, -0.1) is 0 Å². The Morgan fingerprint density at radius 3 is 1.26 bits per heavy atom. The van der Waals surface area contributed by atoms with Crippen LogP contribution in [-0.2, 0) is 0 Å². The first kappa shape index (κ1) is 39.9. The number of allylic oxidation sites excluding steroid dienone is 8. The van der Waals surface area contributed by atoms with E-state index in [-0.39, 0.29) is 0 Å². The van der Waals surface area contributed by atoms with Gasteiger partial charge in [0.1, 0.15) is 0 Å². The molecule has 0 spiro atoms. The minimum atomic E-state index is 0.373. The first-order valence-corrected chi connectivity index (χ1v) is 19.3. The van der Waals surface area contributed by atoms with Gasteiger partial charge < -0.3 is 10.2 Å². The number of piperazine rings is 1. The molecule has 0 unspecified atom stereocenters. The average molecular weight is 597 g/mol. The van der Waals surface area contributed by atoms with Crippen LogP contribution >= 0.6 is 0 Å². The molecule has 2 nitrogen and oxygen atoms in total. The van der Waals surface area contributed by atoms with Crippen LogP contribution in [0.25, 0.3) is 0 Å². The summed E-state index contributed by atoms with van der Waals surface area (Å²) in [5.41, 5.74) is 0.373.